The molecular weight excluding hydrogens is 224 g/mol. The molecule has 18 heavy (non-hydrogen) atoms. The van der Waals surface area contributed by atoms with Crippen LogP contribution >= 0.6 is 0 Å². The van der Waals surface area contributed by atoms with Gasteiger partial charge in [-0.3, -0.25) is 0 Å². The molecule has 0 amide bonds. The van der Waals surface area contributed by atoms with Crippen molar-refractivity contribution < 1.29 is 0 Å². The van der Waals surface area contributed by atoms with E-state index in [1.54, 1.807) is 0 Å². The van der Waals surface area contributed by atoms with Crippen LogP contribution in [0, 0.1) is 18.3 Å². The SMILES string of the molecule is CCN(CCCN(C)C)c1nc(C)ccc1C#N. The van der Waals surface area contributed by atoms with E-state index < -0.39 is 0 Å². The first kappa shape index (κ1) is 14.5. The molecule has 0 N–H and O–H groups in total. The highest BCUT2D eigenvalue weighted by Crippen LogP contribution is 2.17. The molecule has 0 aliphatic carbocycles. The Balaban J connectivity index is 2.81. The van der Waals surface area contributed by atoms with Crippen LogP contribution in [0.5, 0.6) is 0 Å². The van der Waals surface area contributed by atoms with Crippen molar-refractivity contribution in [3.8, 4) is 6.07 Å². The summed E-state index contributed by atoms with van der Waals surface area (Å²) in [5, 5.41) is 9.14. The van der Waals surface area contributed by atoms with Gasteiger partial charge in [-0.1, -0.05) is 0 Å². The van der Waals surface area contributed by atoms with Gasteiger partial charge in [-0.25, -0.2) is 4.98 Å². The Kier molecular flexibility index (Phi) is 5.60. The molecular formula is C14H22N4. The van der Waals surface area contributed by atoms with Crippen LogP contribution in [-0.2, 0) is 0 Å². The van der Waals surface area contributed by atoms with E-state index in [0.29, 0.717) is 5.56 Å². The van der Waals surface area contributed by atoms with Crippen molar-refractivity contribution in [3.63, 3.8) is 0 Å². The van der Waals surface area contributed by atoms with Gasteiger partial charge >= 0.3 is 0 Å². The van der Waals surface area contributed by atoms with E-state index in [4.69, 9.17) is 5.26 Å². The molecule has 98 valence electrons. The van der Waals surface area contributed by atoms with Crippen molar-refractivity contribution in [1.82, 2.24) is 9.88 Å². The lowest BCUT2D eigenvalue weighted by Crippen LogP contribution is -2.28. The molecule has 0 fully saturated rings. The van der Waals surface area contributed by atoms with Crippen LogP contribution < -0.4 is 4.90 Å². The van der Waals surface area contributed by atoms with E-state index in [9.17, 15) is 0 Å². The lowest BCUT2D eigenvalue weighted by molar-refractivity contribution is 0.400. The second-order valence-corrected chi connectivity index (χ2v) is 4.67. The zero-order valence-electron chi connectivity index (χ0n) is 11.8. The van der Waals surface area contributed by atoms with Gasteiger partial charge in [0.1, 0.15) is 11.9 Å². The average Bonchev–Trinajstić information content (AvgIpc) is 2.34. The van der Waals surface area contributed by atoms with Gasteiger partial charge in [0.25, 0.3) is 0 Å². The van der Waals surface area contributed by atoms with Crippen LogP contribution in [0.3, 0.4) is 0 Å². The van der Waals surface area contributed by atoms with Crippen LogP contribution in [0.2, 0.25) is 0 Å². The Morgan fingerprint density at radius 2 is 2.00 bits per heavy atom. The van der Waals surface area contributed by atoms with Gasteiger partial charge in [-0.05, 0) is 53.0 Å². The summed E-state index contributed by atoms with van der Waals surface area (Å²) in [5.74, 6) is 0.818. The molecule has 0 unspecified atom stereocenters. The molecule has 0 aliphatic heterocycles. The third-order valence-electron chi connectivity index (χ3n) is 2.85. The summed E-state index contributed by atoms with van der Waals surface area (Å²) < 4.78 is 0. The highest BCUT2D eigenvalue weighted by molar-refractivity contribution is 5.54. The maximum atomic E-state index is 9.14. The van der Waals surface area contributed by atoms with E-state index in [-0.39, 0.29) is 0 Å². The smallest absolute Gasteiger partial charge is 0.146 e. The van der Waals surface area contributed by atoms with Crippen LogP contribution in [0.15, 0.2) is 12.1 Å². The topological polar surface area (TPSA) is 43.2 Å². The van der Waals surface area contributed by atoms with Gasteiger partial charge in [0.15, 0.2) is 0 Å². The molecule has 0 atom stereocenters. The fourth-order valence-electron chi connectivity index (χ4n) is 1.86. The van der Waals surface area contributed by atoms with Crippen molar-refractivity contribution >= 4 is 5.82 Å². The van der Waals surface area contributed by atoms with E-state index in [0.717, 1.165) is 37.6 Å². The summed E-state index contributed by atoms with van der Waals surface area (Å²) in [4.78, 5) is 8.85. The first-order valence-corrected chi connectivity index (χ1v) is 6.36. The van der Waals surface area contributed by atoms with Gasteiger partial charge in [0, 0.05) is 18.8 Å². The number of rotatable bonds is 6. The first-order valence-electron chi connectivity index (χ1n) is 6.36. The minimum Gasteiger partial charge on any atom is -0.356 e. The second-order valence-electron chi connectivity index (χ2n) is 4.67. The van der Waals surface area contributed by atoms with Crippen LogP contribution in [0.25, 0.3) is 0 Å². The van der Waals surface area contributed by atoms with Crippen LogP contribution in [0.1, 0.15) is 24.6 Å². The average molecular weight is 246 g/mol. The van der Waals surface area contributed by atoms with Gasteiger partial charge in [0.2, 0.25) is 0 Å². The molecule has 4 heteroatoms. The van der Waals surface area contributed by atoms with Crippen molar-refractivity contribution in [2.45, 2.75) is 20.3 Å². The Bertz CT molecular complexity index is 420. The van der Waals surface area contributed by atoms with E-state index >= 15 is 0 Å². The summed E-state index contributed by atoms with van der Waals surface area (Å²) in [6, 6.07) is 5.96. The molecule has 0 aromatic carbocycles. The maximum Gasteiger partial charge on any atom is 0.146 e. The summed E-state index contributed by atoms with van der Waals surface area (Å²) >= 11 is 0. The molecule has 0 saturated heterocycles. The molecule has 0 saturated carbocycles. The highest BCUT2D eigenvalue weighted by atomic mass is 15.2. The molecule has 1 aromatic heterocycles. The van der Waals surface area contributed by atoms with Crippen molar-refractivity contribution in [3.05, 3.63) is 23.4 Å². The fraction of sp³-hybridized carbons (Fsp3) is 0.571. The summed E-state index contributed by atoms with van der Waals surface area (Å²) in [5.41, 5.74) is 1.61. The van der Waals surface area contributed by atoms with Gasteiger partial charge in [0.05, 0.1) is 5.56 Å². The van der Waals surface area contributed by atoms with E-state index in [1.165, 1.54) is 0 Å². The van der Waals surface area contributed by atoms with Crippen molar-refractivity contribution in [2.75, 3.05) is 38.6 Å². The molecule has 1 aromatic rings. The van der Waals surface area contributed by atoms with E-state index in [1.807, 2.05) is 19.1 Å². The Morgan fingerprint density at radius 3 is 2.56 bits per heavy atom. The predicted octanol–water partition coefficient (Wildman–Crippen LogP) is 2.04. The highest BCUT2D eigenvalue weighted by Gasteiger charge is 2.11. The summed E-state index contributed by atoms with van der Waals surface area (Å²) in [7, 11) is 4.14. The third-order valence-corrected chi connectivity index (χ3v) is 2.85. The lowest BCUT2D eigenvalue weighted by atomic mass is 10.2. The number of nitriles is 1. The van der Waals surface area contributed by atoms with Gasteiger partial charge < -0.3 is 9.80 Å². The Hall–Kier alpha value is -1.60. The number of aryl methyl sites for hydroxylation is 1. The molecule has 1 rings (SSSR count). The fourth-order valence-corrected chi connectivity index (χ4v) is 1.86. The Labute approximate surface area is 110 Å². The zero-order chi connectivity index (χ0) is 13.5. The van der Waals surface area contributed by atoms with Gasteiger partial charge in [-0.15, -0.1) is 0 Å². The van der Waals surface area contributed by atoms with Gasteiger partial charge in [-0.2, -0.15) is 5.26 Å². The monoisotopic (exact) mass is 246 g/mol. The number of anilines is 1. The quantitative estimate of drug-likeness (QED) is 0.770. The van der Waals surface area contributed by atoms with E-state index in [2.05, 4.69) is 41.9 Å². The molecule has 0 bridgehead atoms. The normalized spacial score (nSPS) is 10.4. The number of hydrogen-bond acceptors (Lipinski definition) is 4. The largest absolute Gasteiger partial charge is 0.356 e. The van der Waals surface area contributed by atoms with Crippen LogP contribution in [0.4, 0.5) is 5.82 Å². The molecule has 0 radical (unpaired) electrons. The second kappa shape index (κ2) is 6.97. The third kappa shape index (κ3) is 4.01. The Morgan fingerprint density at radius 1 is 1.28 bits per heavy atom. The predicted molar refractivity (Wildman–Crippen MR) is 74.7 cm³/mol. The minimum atomic E-state index is 0.660. The number of nitrogens with zero attached hydrogens (tertiary/aromatic N) is 4. The summed E-state index contributed by atoms with van der Waals surface area (Å²) in [6.07, 6.45) is 1.07. The lowest BCUT2D eigenvalue weighted by Gasteiger charge is -2.24. The number of aromatic nitrogens is 1. The standard InChI is InChI=1S/C14H22N4/c1-5-18(10-6-9-17(3)4)14-13(11-15)8-7-12(2)16-14/h7-8H,5-6,9-10H2,1-4H3. The zero-order valence-corrected chi connectivity index (χ0v) is 11.8. The number of pyridine rings is 1. The minimum absolute atomic E-state index is 0.660. The van der Waals surface area contributed by atoms with Crippen molar-refractivity contribution in [2.24, 2.45) is 0 Å². The summed E-state index contributed by atoms with van der Waals surface area (Å²) in [6.45, 7) is 6.90. The van der Waals surface area contributed by atoms with Crippen LogP contribution in [-0.4, -0.2) is 43.6 Å². The molecule has 0 aliphatic rings. The maximum absolute atomic E-state index is 9.14. The molecule has 1 heterocycles. The number of hydrogen-bond donors (Lipinski definition) is 0. The first-order chi connectivity index (χ1) is 8.58. The van der Waals surface area contributed by atoms with Crippen molar-refractivity contribution in [1.29, 1.82) is 5.26 Å². The molecule has 4 nitrogen and oxygen atoms in total. The molecule has 0 spiro atoms.